The largest absolute Gasteiger partial charge is 0.434 e. The third kappa shape index (κ3) is 2.41. The number of benzene rings is 2. The van der Waals surface area contributed by atoms with Crippen LogP contribution in [0.15, 0.2) is 53.4 Å². The van der Waals surface area contributed by atoms with Crippen molar-refractivity contribution in [3.63, 3.8) is 0 Å². The lowest BCUT2D eigenvalue weighted by atomic mass is 9.84. The second-order valence-electron chi connectivity index (χ2n) is 7.84. The molecule has 2 aromatic carbocycles. The predicted octanol–water partition coefficient (Wildman–Crippen LogP) is 2.47. The number of hydrogen-bond acceptors (Lipinski definition) is 7. The van der Waals surface area contributed by atoms with Crippen molar-refractivity contribution in [1.82, 2.24) is 0 Å². The van der Waals surface area contributed by atoms with Crippen LogP contribution in [0.1, 0.15) is 28.4 Å². The number of cyclic esters (lactones) is 1. The lowest BCUT2D eigenvalue weighted by Crippen LogP contribution is -2.59. The van der Waals surface area contributed by atoms with Crippen molar-refractivity contribution >= 4 is 22.6 Å². The zero-order valence-electron chi connectivity index (χ0n) is 17.3. The van der Waals surface area contributed by atoms with Gasteiger partial charge in [0.25, 0.3) is 0 Å². The monoisotopic (exact) mass is 442 g/mol. The summed E-state index contributed by atoms with van der Waals surface area (Å²) in [7, 11) is -0.586. The van der Waals surface area contributed by atoms with E-state index in [0.717, 1.165) is 5.56 Å². The minimum atomic E-state index is -1.98. The Balaban J connectivity index is 1.82. The second-order valence-corrected chi connectivity index (χ2v) is 9.49. The first-order valence-corrected chi connectivity index (χ1v) is 11.2. The van der Waals surface area contributed by atoms with E-state index in [9.17, 15) is 13.8 Å². The average molecular weight is 442 g/mol. The predicted molar refractivity (Wildman–Crippen MR) is 110 cm³/mol. The topological polar surface area (TPSA) is 88.1 Å². The minimum absolute atomic E-state index is 0.246. The van der Waals surface area contributed by atoms with Crippen LogP contribution in [0.3, 0.4) is 0 Å². The molecule has 3 aliphatic heterocycles. The third-order valence-corrected chi connectivity index (χ3v) is 8.34. The standard InChI is InChI=1S/C23H22O7S/c1-4-28-20-17-19-18(24)15-7-5-6-8-16(15)23(27-3,30-19)22(17,21(25)29-20)31(26)14-11-9-13(2)10-12-14/h5-12,17,19-20H,4H2,1-3H3/t17-,19+,20+,22+,23+,31-/m0/s1. The molecule has 2 saturated heterocycles. The molecule has 2 fully saturated rings. The molecule has 0 N–H and O–H groups in total. The van der Waals surface area contributed by atoms with E-state index >= 15 is 0 Å². The maximum Gasteiger partial charge on any atom is 0.334 e. The van der Waals surface area contributed by atoms with Crippen molar-refractivity contribution in [1.29, 1.82) is 0 Å². The van der Waals surface area contributed by atoms with E-state index in [2.05, 4.69) is 0 Å². The van der Waals surface area contributed by atoms with Crippen LogP contribution in [0.25, 0.3) is 0 Å². The number of carbonyl (C=O) groups is 2. The average Bonchev–Trinajstić information content (AvgIpc) is 3.23. The first-order chi connectivity index (χ1) is 14.9. The number of Topliss-reactive ketones (excluding diaryl/α,β-unsaturated/α-hetero) is 1. The van der Waals surface area contributed by atoms with E-state index in [1.54, 1.807) is 43.3 Å². The summed E-state index contributed by atoms with van der Waals surface area (Å²) in [5.41, 5.74) is 1.74. The van der Waals surface area contributed by atoms with Gasteiger partial charge < -0.3 is 18.9 Å². The van der Waals surface area contributed by atoms with Crippen LogP contribution in [0.4, 0.5) is 0 Å². The number of hydrogen-bond donors (Lipinski definition) is 0. The summed E-state index contributed by atoms with van der Waals surface area (Å²) in [6, 6.07) is 13.9. The lowest BCUT2D eigenvalue weighted by Gasteiger charge is -2.40. The highest BCUT2D eigenvalue weighted by Crippen LogP contribution is 2.63. The summed E-state index contributed by atoms with van der Waals surface area (Å²) in [5, 5.41) is 0. The van der Waals surface area contributed by atoms with E-state index in [1.807, 2.05) is 19.1 Å². The molecule has 162 valence electrons. The summed E-state index contributed by atoms with van der Waals surface area (Å²) < 4.78 is 35.8. The molecule has 7 nitrogen and oxygen atoms in total. The molecule has 0 unspecified atom stereocenters. The van der Waals surface area contributed by atoms with Gasteiger partial charge in [0.1, 0.15) is 6.10 Å². The van der Waals surface area contributed by atoms with Gasteiger partial charge in [-0.1, -0.05) is 42.0 Å². The van der Waals surface area contributed by atoms with Gasteiger partial charge in [-0.2, -0.15) is 0 Å². The fourth-order valence-corrected chi connectivity index (χ4v) is 6.96. The third-order valence-electron chi connectivity index (χ3n) is 6.35. The number of fused-ring (bicyclic) bond motifs is 7. The fraction of sp³-hybridized carbons (Fsp3) is 0.391. The number of ketones is 1. The lowest BCUT2D eigenvalue weighted by molar-refractivity contribution is -0.238. The Hall–Kier alpha value is -2.39. The Morgan fingerprint density at radius 3 is 2.48 bits per heavy atom. The van der Waals surface area contributed by atoms with Gasteiger partial charge in [-0.25, -0.2) is 0 Å². The fourth-order valence-electron chi connectivity index (χ4n) is 5.04. The SMILES string of the molecule is CCO[C@@H]1OC(=O)[C@]2([S@@](=O)c3ccc(C)cc3)[C@H]1[C@H]1O[C@]2(OC)c2ccccc2C1=O. The smallest absolute Gasteiger partial charge is 0.334 e. The number of rotatable bonds is 5. The first-order valence-electron chi connectivity index (χ1n) is 10.1. The summed E-state index contributed by atoms with van der Waals surface area (Å²) in [6.07, 6.45) is -2.17. The van der Waals surface area contributed by atoms with Gasteiger partial charge in [0, 0.05) is 29.7 Å². The molecule has 5 rings (SSSR count). The minimum Gasteiger partial charge on any atom is -0.434 e. The van der Waals surface area contributed by atoms with E-state index in [-0.39, 0.29) is 12.4 Å². The number of aryl methyl sites for hydroxylation is 1. The zero-order valence-corrected chi connectivity index (χ0v) is 18.1. The highest BCUT2D eigenvalue weighted by atomic mass is 32.2. The van der Waals surface area contributed by atoms with Gasteiger partial charge in [-0.15, -0.1) is 0 Å². The highest BCUT2D eigenvalue weighted by molar-refractivity contribution is 7.87. The van der Waals surface area contributed by atoms with Gasteiger partial charge >= 0.3 is 5.97 Å². The number of methoxy groups -OCH3 is 1. The molecular weight excluding hydrogens is 420 g/mol. The van der Waals surface area contributed by atoms with Crippen molar-refractivity contribution in [2.75, 3.05) is 13.7 Å². The van der Waals surface area contributed by atoms with Crippen LogP contribution in [0, 0.1) is 12.8 Å². The first kappa shape index (κ1) is 20.5. The molecule has 0 saturated carbocycles. The van der Waals surface area contributed by atoms with Gasteiger partial charge in [0.2, 0.25) is 16.8 Å². The van der Waals surface area contributed by atoms with E-state index in [1.165, 1.54) is 7.11 Å². The van der Waals surface area contributed by atoms with Crippen molar-refractivity contribution in [2.24, 2.45) is 5.92 Å². The van der Waals surface area contributed by atoms with Gasteiger partial charge in [0.15, 0.2) is 5.78 Å². The summed E-state index contributed by atoms with van der Waals surface area (Å²) in [5.74, 6) is -3.77. The molecule has 6 atom stereocenters. The maximum atomic E-state index is 14.2. The molecule has 0 aromatic heterocycles. The molecule has 2 aromatic rings. The van der Waals surface area contributed by atoms with Crippen molar-refractivity contribution in [2.45, 2.75) is 41.7 Å². The summed E-state index contributed by atoms with van der Waals surface area (Å²) >= 11 is 0. The molecule has 0 amide bonds. The Bertz CT molecular complexity index is 1100. The van der Waals surface area contributed by atoms with Crippen LogP contribution < -0.4 is 0 Å². The molecule has 31 heavy (non-hydrogen) atoms. The highest BCUT2D eigenvalue weighted by Gasteiger charge is 2.84. The molecular formula is C23H22O7S. The Morgan fingerprint density at radius 1 is 1.10 bits per heavy atom. The van der Waals surface area contributed by atoms with E-state index in [4.69, 9.17) is 18.9 Å². The molecule has 2 bridgehead atoms. The Morgan fingerprint density at radius 2 is 1.81 bits per heavy atom. The van der Waals surface area contributed by atoms with Crippen molar-refractivity contribution < 1.29 is 32.7 Å². The van der Waals surface area contributed by atoms with E-state index < -0.39 is 45.6 Å². The second kappa shape index (κ2) is 7.06. The van der Waals surface area contributed by atoms with Crippen LogP contribution >= 0.6 is 0 Å². The molecule has 0 aliphatic carbocycles. The van der Waals surface area contributed by atoms with Crippen molar-refractivity contribution in [3.8, 4) is 0 Å². The molecule has 3 heterocycles. The Labute approximate surface area is 182 Å². The van der Waals surface area contributed by atoms with Crippen LogP contribution in [0.2, 0.25) is 0 Å². The van der Waals surface area contributed by atoms with Gasteiger partial charge in [0.05, 0.1) is 16.7 Å². The molecule has 0 spiro atoms. The zero-order chi connectivity index (χ0) is 22.0. The van der Waals surface area contributed by atoms with Crippen LogP contribution in [-0.2, 0) is 40.3 Å². The number of ether oxygens (including phenoxy) is 4. The molecule has 8 heteroatoms. The summed E-state index contributed by atoms with van der Waals surface area (Å²) in [6.45, 7) is 3.92. The molecule has 0 radical (unpaired) electrons. The van der Waals surface area contributed by atoms with Gasteiger partial charge in [-0.3, -0.25) is 13.8 Å². The van der Waals surface area contributed by atoms with E-state index in [0.29, 0.717) is 16.0 Å². The maximum absolute atomic E-state index is 14.2. The van der Waals surface area contributed by atoms with Crippen LogP contribution in [0.5, 0.6) is 0 Å². The molecule has 3 aliphatic rings. The normalized spacial score (nSPS) is 34.2. The van der Waals surface area contributed by atoms with Crippen molar-refractivity contribution in [3.05, 3.63) is 65.2 Å². The Kier molecular flexibility index (Phi) is 4.67. The number of carbonyl (C=O) groups excluding carboxylic acids is 2. The van der Waals surface area contributed by atoms with Crippen LogP contribution in [-0.4, -0.2) is 46.8 Å². The number of esters is 1. The summed E-state index contributed by atoms with van der Waals surface area (Å²) in [4.78, 5) is 27.4. The quantitative estimate of drug-likeness (QED) is 0.658. The van der Waals surface area contributed by atoms with Gasteiger partial charge in [-0.05, 0) is 26.0 Å².